The lowest BCUT2D eigenvalue weighted by atomic mass is 10.1. The first-order valence-corrected chi connectivity index (χ1v) is 8.73. The van der Waals surface area contributed by atoms with Crippen LogP contribution < -0.4 is 10.1 Å². The van der Waals surface area contributed by atoms with Crippen molar-refractivity contribution in [2.45, 2.75) is 13.0 Å². The van der Waals surface area contributed by atoms with E-state index in [4.69, 9.17) is 0 Å². The van der Waals surface area contributed by atoms with Crippen molar-refractivity contribution in [3.05, 3.63) is 72.6 Å². The van der Waals surface area contributed by atoms with Gasteiger partial charge in [-0.15, -0.1) is 10.2 Å². The van der Waals surface area contributed by atoms with E-state index in [2.05, 4.69) is 37.4 Å². The van der Waals surface area contributed by atoms with Gasteiger partial charge in [0, 0.05) is 24.5 Å². The highest BCUT2D eigenvalue weighted by atomic mass is 19.3. The predicted molar refractivity (Wildman–Crippen MR) is 101 cm³/mol. The minimum absolute atomic E-state index is 0.0949. The first-order valence-electron chi connectivity index (χ1n) is 8.73. The lowest BCUT2D eigenvalue weighted by Crippen LogP contribution is -2.08. The average Bonchev–Trinajstić information content (AvgIpc) is 3.14. The van der Waals surface area contributed by atoms with Crippen LogP contribution in [0.25, 0.3) is 17.0 Å². The van der Waals surface area contributed by atoms with Gasteiger partial charge in [-0.1, -0.05) is 30.3 Å². The molecule has 0 saturated carbocycles. The molecule has 2 aromatic heterocycles. The minimum Gasteiger partial charge on any atom is -0.435 e. The van der Waals surface area contributed by atoms with Gasteiger partial charge in [-0.25, -0.2) is 4.98 Å². The molecule has 1 N–H and O–H groups in total. The zero-order valence-corrected chi connectivity index (χ0v) is 14.8. The fraction of sp³-hybridized carbons (Fsp3) is 0.150. The van der Waals surface area contributed by atoms with E-state index in [1.807, 2.05) is 18.2 Å². The molecule has 0 fully saturated rings. The molecule has 0 aliphatic rings. The second-order valence-electron chi connectivity index (χ2n) is 6.06. The SMILES string of the molecule is FC(F)Oc1ccc(-c2nnc3c(NCCc4ccccc4)nccn23)cc1. The van der Waals surface area contributed by atoms with Crippen LogP contribution in [0.2, 0.25) is 0 Å². The normalized spacial score (nSPS) is 11.1. The van der Waals surface area contributed by atoms with E-state index in [1.165, 1.54) is 17.7 Å². The molecule has 0 aliphatic heterocycles. The number of anilines is 1. The summed E-state index contributed by atoms with van der Waals surface area (Å²) in [6.07, 6.45) is 4.28. The van der Waals surface area contributed by atoms with Crippen molar-refractivity contribution in [3.8, 4) is 17.1 Å². The smallest absolute Gasteiger partial charge is 0.387 e. The summed E-state index contributed by atoms with van der Waals surface area (Å²) in [5.41, 5.74) is 2.56. The number of hydrogen-bond donors (Lipinski definition) is 1. The Kier molecular flexibility index (Phi) is 5.09. The maximum atomic E-state index is 12.3. The Labute approximate surface area is 159 Å². The van der Waals surface area contributed by atoms with Gasteiger partial charge >= 0.3 is 6.61 Å². The van der Waals surface area contributed by atoms with E-state index in [-0.39, 0.29) is 5.75 Å². The highest BCUT2D eigenvalue weighted by Crippen LogP contribution is 2.24. The Morgan fingerprint density at radius 3 is 2.54 bits per heavy atom. The third-order valence-corrected chi connectivity index (χ3v) is 4.21. The van der Waals surface area contributed by atoms with E-state index in [0.29, 0.717) is 23.8 Å². The topological polar surface area (TPSA) is 64.3 Å². The molecule has 142 valence electrons. The first-order chi connectivity index (χ1) is 13.7. The van der Waals surface area contributed by atoms with Gasteiger partial charge in [-0.3, -0.25) is 4.40 Å². The van der Waals surface area contributed by atoms with Crippen molar-refractivity contribution in [3.63, 3.8) is 0 Å². The Hall–Kier alpha value is -3.55. The molecule has 0 bridgehead atoms. The molecule has 4 rings (SSSR count). The second-order valence-corrected chi connectivity index (χ2v) is 6.06. The first kappa shape index (κ1) is 17.8. The molecule has 6 nitrogen and oxygen atoms in total. The van der Waals surface area contributed by atoms with Crippen molar-refractivity contribution in [1.29, 1.82) is 0 Å². The minimum atomic E-state index is -2.85. The fourth-order valence-electron chi connectivity index (χ4n) is 2.90. The molecule has 0 amide bonds. The van der Waals surface area contributed by atoms with Gasteiger partial charge in [0.2, 0.25) is 5.65 Å². The molecular formula is C20H17F2N5O. The number of hydrogen-bond acceptors (Lipinski definition) is 5. The molecule has 2 aromatic carbocycles. The van der Waals surface area contributed by atoms with Gasteiger partial charge in [0.1, 0.15) is 5.75 Å². The maximum absolute atomic E-state index is 12.3. The summed E-state index contributed by atoms with van der Waals surface area (Å²) in [4.78, 5) is 4.35. The Bertz CT molecular complexity index is 1050. The van der Waals surface area contributed by atoms with Gasteiger partial charge in [-0.05, 0) is 36.2 Å². The highest BCUT2D eigenvalue weighted by molar-refractivity contribution is 5.68. The van der Waals surface area contributed by atoms with Gasteiger partial charge in [-0.2, -0.15) is 8.78 Å². The molecule has 0 unspecified atom stereocenters. The summed E-state index contributed by atoms with van der Waals surface area (Å²) in [6.45, 7) is -2.14. The Morgan fingerprint density at radius 1 is 1.00 bits per heavy atom. The Morgan fingerprint density at radius 2 is 1.79 bits per heavy atom. The van der Waals surface area contributed by atoms with E-state index < -0.39 is 6.61 Å². The number of ether oxygens (including phenoxy) is 1. The average molecular weight is 381 g/mol. The lowest BCUT2D eigenvalue weighted by Gasteiger charge is -2.07. The number of alkyl halides is 2. The number of rotatable bonds is 7. The van der Waals surface area contributed by atoms with Crippen LogP contribution in [-0.2, 0) is 6.42 Å². The van der Waals surface area contributed by atoms with Crippen LogP contribution in [0.15, 0.2) is 67.0 Å². The van der Waals surface area contributed by atoms with Gasteiger partial charge in [0.25, 0.3) is 0 Å². The number of benzene rings is 2. The van der Waals surface area contributed by atoms with Crippen molar-refractivity contribution in [2.75, 3.05) is 11.9 Å². The Balaban J connectivity index is 1.53. The molecule has 0 radical (unpaired) electrons. The van der Waals surface area contributed by atoms with Crippen LogP contribution in [-0.4, -0.2) is 32.7 Å². The highest BCUT2D eigenvalue weighted by Gasteiger charge is 2.12. The summed E-state index contributed by atoms with van der Waals surface area (Å²) in [5.74, 6) is 1.32. The van der Waals surface area contributed by atoms with E-state index in [9.17, 15) is 8.78 Å². The zero-order chi connectivity index (χ0) is 19.3. The van der Waals surface area contributed by atoms with Crippen LogP contribution in [0.5, 0.6) is 5.75 Å². The largest absolute Gasteiger partial charge is 0.435 e. The number of halogens is 2. The molecule has 28 heavy (non-hydrogen) atoms. The summed E-state index contributed by atoms with van der Waals surface area (Å²) < 4.78 is 30.8. The van der Waals surface area contributed by atoms with Crippen molar-refractivity contribution >= 4 is 11.5 Å². The maximum Gasteiger partial charge on any atom is 0.387 e. The molecule has 2 heterocycles. The van der Waals surface area contributed by atoms with Crippen LogP contribution >= 0.6 is 0 Å². The molecule has 0 saturated heterocycles. The third-order valence-electron chi connectivity index (χ3n) is 4.21. The van der Waals surface area contributed by atoms with E-state index in [1.54, 1.807) is 28.9 Å². The summed E-state index contributed by atoms with van der Waals surface area (Å²) >= 11 is 0. The second kappa shape index (κ2) is 7.99. The number of nitrogens with zero attached hydrogens (tertiary/aromatic N) is 4. The van der Waals surface area contributed by atoms with Crippen LogP contribution in [0.1, 0.15) is 5.56 Å². The predicted octanol–water partition coefficient (Wildman–Crippen LogP) is 4.05. The van der Waals surface area contributed by atoms with E-state index >= 15 is 0 Å². The number of aromatic nitrogens is 4. The monoisotopic (exact) mass is 381 g/mol. The van der Waals surface area contributed by atoms with Gasteiger partial charge in [0.05, 0.1) is 0 Å². The fourth-order valence-corrected chi connectivity index (χ4v) is 2.90. The van der Waals surface area contributed by atoms with E-state index in [0.717, 1.165) is 12.0 Å². The molecule has 4 aromatic rings. The standard InChI is InChI=1S/C20H17F2N5O/c21-20(22)28-16-8-6-15(7-9-16)18-25-26-19-17(24-12-13-27(18)19)23-11-10-14-4-2-1-3-5-14/h1-9,12-13,20H,10-11H2,(H,23,24). The van der Waals surface area contributed by atoms with Crippen molar-refractivity contribution < 1.29 is 13.5 Å². The molecule has 0 atom stereocenters. The molecular weight excluding hydrogens is 364 g/mol. The third kappa shape index (κ3) is 3.90. The summed E-state index contributed by atoms with van der Waals surface area (Å²) in [6, 6.07) is 16.4. The number of fused-ring (bicyclic) bond motifs is 1. The van der Waals surface area contributed by atoms with Crippen molar-refractivity contribution in [2.24, 2.45) is 0 Å². The molecule has 8 heteroatoms. The molecule has 0 aliphatic carbocycles. The van der Waals surface area contributed by atoms with Gasteiger partial charge in [0.15, 0.2) is 11.6 Å². The summed E-state index contributed by atoms with van der Waals surface area (Å²) in [5, 5.41) is 11.7. The van der Waals surface area contributed by atoms with Gasteiger partial charge < -0.3 is 10.1 Å². The lowest BCUT2D eigenvalue weighted by molar-refractivity contribution is -0.0498. The van der Waals surface area contributed by atoms with Crippen molar-refractivity contribution in [1.82, 2.24) is 19.6 Å². The zero-order valence-electron chi connectivity index (χ0n) is 14.8. The quantitative estimate of drug-likeness (QED) is 0.523. The van der Waals surface area contributed by atoms with Crippen LogP contribution in [0.3, 0.4) is 0 Å². The van der Waals surface area contributed by atoms with Crippen LogP contribution in [0, 0.1) is 0 Å². The van der Waals surface area contributed by atoms with Crippen LogP contribution in [0.4, 0.5) is 14.6 Å². The number of nitrogens with one attached hydrogen (secondary N) is 1. The molecule has 0 spiro atoms. The summed E-state index contributed by atoms with van der Waals surface area (Å²) in [7, 11) is 0.